The molecule has 0 aromatic heterocycles. The zero-order valence-electron chi connectivity index (χ0n) is 17.5. The van der Waals surface area contributed by atoms with Gasteiger partial charge in [0.2, 0.25) is 5.78 Å². The van der Waals surface area contributed by atoms with Crippen LogP contribution in [-0.4, -0.2) is 28.9 Å². The van der Waals surface area contributed by atoms with Crippen molar-refractivity contribution in [1.82, 2.24) is 0 Å². The summed E-state index contributed by atoms with van der Waals surface area (Å²) >= 11 is 0. The van der Waals surface area contributed by atoms with Crippen molar-refractivity contribution in [1.29, 1.82) is 0 Å². The first-order chi connectivity index (χ1) is 14.2. The molecule has 0 unspecified atom stereocenters. The summed E-state index contributed by atoms with van der Waals surface area (Å²) in [5.74, 6) is -1.87. The molecule has 0 spiro atoms. The zero-order valence-corrected chi connectivity index (χ0v) is 17.5. The van der Waals surface area contributed by atoms with E-state index >= 15 is 0 Å². The van der Waals surface area contributed by atoms with Crippen molar-refractivity contribution < 1.29 is 28.7 Å². The fourth-order valence-corrected chi connectivity index (χ4v) is 4.41. The average Bonchev–Trinajstić information content (AvgIpc) is 2.98. The van der Waals surface area contributed by atoms with Gasteiger partial charge in [-0.15, -0.1) is 0 Å². The number of carbonyl (C=O) groups is 4. The van der Waals surface area contributed by atoms with Crippen LogP contribution in [0.5, 0.6) is 0 Å². The summed E-state index contributed by atoms with van der Waals surface area (Å²) in [5, 5.41) is 0. The quantitative estimate of drug-likeness (QED) is 0.524. The van der Waals surface area contributed by atoms with E-state index in [-0.39, 0.29) is 34.5 Å². The summed E-state index contributed by atoms with van der Waals surface area (Å²) in [6, 6.07) is 0. The summed E-state index contributed by atoms with van der Waals surface area (Å²) in [5.41, 5.74) is -0.363. The molecule has 4 aliphatic rings. The predicted molar refractivity (Wildman–Crippen MR) is 108 cm³/mol. The normalized spacial score (nSPS) is 31.2. The highest BCUT2D eigenvalue weighted by molar-refractivity contribution is 6.24. The minimum Gasteiger partial charge on any atom is -0.468 e. The number of esters is 1. The lowest BCUT2D eigenvalue weighted by Gasteiger charge is -2.33. The van der Waals surface area contributed by atoms with E-state index in [2.05, 4.69) is 0 Å². The minimum absolute atomic E-state index is 0.0457. The number of ether oxygens (including phenoxy) is 2. The largest absolute Gasteiger partial charge is 0.468 e. The lowest BCUT2D eigenvalue weighted by atomic mass is 9.74. The van der Waals surface area contributed by atoms with Crippen molar-refractivity contribution >= 4 is 23.3 Å². The second-order valence-electron chi connectivity index (χ2n) is 8.50. The van der Waals surface area contributed by atoms with Crippen LogP contribution in [0.4, 0.5) is 0 Å². The number of hydrogen-bond acceptors (Lipinski definition) is 6. The van der Waals surface area contributed by atoms with Gasteiger partial charge in [-0.25, -0.2) is 4.79 Å². The maximum absolute atomic E-state index is 12.9. The van der Waals surface area contributed by atoms with E-state index in [1.165, 1.54) is 19.3 Å². The Morgan fingerprint density at radius 1 is 1.27 bits per heavy atom. The number of allylic oxidation sites excluding steroid dienone is 5. The standard InChI is InChI=1S/C24H24O6/c1-5-12(2)22(27)20-21-15-11-29-17(19-13(3)7-6-8-16(19)25)9-14(15)10-18(26)24(21,4)30-23(20)28/h6,8-13,19H,5,7H2,1-4H3/t12-,13-,19+,24+/m0/s1. The van der Waals surface area contributed by atoms with Crippen molar-refractivity contribution in [3.63, 3.8) is 0 Å². The zero-order chi connectivity index (χ0) is 21.8. The molecule has 0 bridgehead atoms. The van der Waals surface area contributed by atoms with Gasteiger partial charge in [0, 0.05) is 17.1 Å². The van der Waals surface area contributed by atoms with Gasteiger partial charge in [0.1, 0.15) is 11.3 Å². The molecule has 2 aliphatic carbocycles. The molecule has 0 radical (unpaired) electrons. The third kappa shape index (κ3) is 2.85. The van der Waals surface area contributed by atoms with E-state index in [1.807, 2.05) is 19.9 Å². The molecule has 30 heavy (non-hydrogen) atoms. The Bertz CT molecular complexity index is 1030. The number of hydrogen-bond donors (Lipinski definition) is 0. The lowest BCUT2D eigenvalue weighted by molar-refractivity contribution is -0.153. The molecule has 0 saturated heterocycles. The van der Waals surface area contributed by atoms with Crippen LogP contribution in [0.2, 0.25) is 0 Å². The van der Waals surface area contributed by atoms with Crippen LogP contribution < -0.4 is 0 Å². The van der Waals surface area contributed by atoms with Gasteiger partial charge in [0.05, 0.1) is 12.2 Å². The van der Waals surface area contributed by atoms with Gasteiger partial charge in [-0.05, 0) is 49.5 Å². The minimum atomic E-state index is -1.55. The Morgan fingerprint density at radius 2 is 2.00 bits per heavy atom. The van der Waals surface area contributed by atoms with Gasteiger partial charge in [-0.1, -0.05) is 26.8 Å². The first kappa shape index (κ1) is 20.3. The van der Waals surface area contributed by atoms with Gasteiger partial charge in [-0.3, -0.25) is 14.4 Å². The number of ketones is 3. The van der Waals surface area contributed by atoms with Gasteiger partial charge in [0.15, 0.2) is 17.2 Å². The molecule has 4 rings (SSSR count). The topological polar surface area (TPSA) is 86.7 Å². The number of Topliss-reactive ketones (excluding diaryl/α,β-unsaturated/α-hetero) is 1. The highest BCUT2D eigenvalue weighted by Gasteiger charge is 2.55. The van der Waals surface area contributed by atoms with Crippen molar-refractivity contribution in [3.05, 3.63) is 58.6 Å². The van der Waals surface area contributed by atoms with E-state index in [0.29, 0.717) is 23.3 Å². The molecule has 0 saturated carbocycles. The van der Waals surface area contributed by atoms with E-state index in [9.17, 15) is 19.2 Å². The molecule has 4 atom stereocenters. The predicted octanol–water partition coefficient (Wildman–Crippen LogP) is 3.30. The van der Waals surface area contributed by atoms with Gasteiger partial charge < -0.3 is 9.47 Å². The van der Waals surface area contributed by atoms with E-state index < -0.39 is 23.3 Å². The van der Waals surface area contributed by atoms with Crippen LogP contribution in [0.1, 0.15) is 40.5 Å². The Balaban J connectivity index is 1.82. The van der Waals surface area contributed by atoms with Gasteiger partial charge in [-0.2, -0.15) is 0 Å². The Labute approximate surface area is 175 Å². The van der Waals surface area contributed by atoms with Crippen LogP contribution in [0.15, 0.2) is 58.6 Å². The molecule has 2 aliphatic heterocycles. The molecule has 0 N–H and O–H groups in total. The average molecular weight is 408 g/mol. The van der Waals surface area contributed by atoms with Gasteiger partial charge in [0.25, 0.3) is 0 Å². The van der Waals surface area contributed by atoms with E-state index in [0.717, 1.165) is 6.42 Å². The molecule has 0 fully saturated rings. The molecule has 6 nitrogen and oxygen atoms in total. The molecule has 6 heteroatoms. The smallest absolute Gasteiger partial charge is 0.343 e. The Kier molecular flexibility index (Phi) is 4.76. The molecule has 2 heterocycles. The molecule has 0 amide bonds. The first-order valence-electron chi connectivity index (χ1n) is 10.3. The number of rotatable bonds is 4. The number of carbonyl (C=O) groups excluding carboxylic acids is 4. The number of fused-ring (bicyclic) bond motifs is 3. The van der Waals surface area contributed by atoms with Crippen LogP contribution in [0.25, 0.3) is 0 Å². The van der Waals surface area contributed by atoms with Gasteiger partial charge >= 0.3 is 5.97 Å². The second kappa shape index (κ2) is 7.04. The summed E-state index contributed by atoms with van der Waals surface area (Å²) < 4.78 is 11.3. The third-order valence-corrected chi connectivity index (χ3v) is 6.45. The summed E-state index contributed by atoms with van der Waals surface area (Å²) in [6.07, 6.45) is 9.23. The van der Waals surface area contributed by atoms with Crippen LogP contribution in [0.3, 0.4) is 0 Å². The molecule has 0 aromatic carbocycles. The van der Waals surface area contributed by atoms with Crippen LogP contribution in [-0.2, 0) is 28.7 Å². The molecular formula is C24H24O6. The van der Waals surface area contributed by atoms with Crippen LogP contribution >= 0.6 is 0 Å². The first-order valence-corrected chi connectivity index (χ1v) is 10.3. The van der Waals surface area contributed by atoms with E-state index in [1.54, 1.807) is 19.1 Å². The third-order valence-electron chi connectivity index (χ3n) is 6.45. The summed E-state index contributed by atoms with van der Waals surface area (Å²) in [6.45, 7) is 7.08. The Hall–Kier alpha value is -3.02. The fraction of sp³-hybridized carbons (Fsp3) is 0.417. The maximum atomic E-state index is 12.9. The SMILES string of the molecule is CC[C@H](C)C(=O)C1=C2C3=COC([C@H]4C(=O)C=CC[C@@H]4C)=CC3=CC(=O)[C@@]2(C)OC1=O. The van der Waals surface area contributed by atoms with Crippen molar-refractivity contribution in [2.75, 3.05) is 0 Å². The van der Waals surface area contributed by atoms with Crippen molar-refractivity contribution in [2.24, 2.45) is 17.8 Å². The molecule has 156 valence electrons. The molecular weight excluding hydrogens is 384 g/mol. The fourth-order valence-electron chi connectivity index (χ4n) is 4.41. The summed E-state index contributed by atoms with van der Waals surface area (Å²) in [4.78, 5) is 50.9. The highest BCUT2D eigenvalue weighted by Crippen LogP contribution is 2.47. The highest BCUT2D eigenvalue weighted by atomic mass is 16.6. The second-order valence-corrected chi connectivity index (χ2v) is 8.50. The maximum Gasteiger partial charge on any atom is 0.343 e. The van der Waals surface area contributed by atoms with Crippen molar-refractivity contribution in [2.45, 2.75) is 46.1 Å². The monoisotopic (exact) mass is 408 g/mol. The van der Waals surface area contributed by atoms with Crippen molar-refractivity contribution in [3.8, 4) is 0 Å². The summed E-state index contributed by atoms with van der Waals surface area (Å²) in [7, 11) is 0. The Morgan fingerprint density at radius 3 is 2.67 bits per heavy atom. The molecule has 0 aromatic rings. The lowest BCUT2D eigenvalue weighted by Crippen LogP contribution is -2.41. The van der Waals surface area contributed by atoms with E-state index in [4.69, 9.17) is 9.47 Å². The van der Waals surface area contributed by atoms with Crippen LogP contribution in [0, 0.1) is 17.8 Å².